The van der Waals surface area contributed by atoms with E-state index in [2.05, 4.69) is 77.0 Å². The molecule has 6 heteroatoms. The number of benzene rings is 2. The number of aryl methyl sites for hydroxylation is 1. The average molecular weight is 397 g/mol. The lowest BCUT2D eigenvalue weighted by Gasteiger charge is -2.21. The molecule has 2 N–H and O–H groups in total. The van der Waals surface area contributed by atoms with Crippen LogP contribution in [-0.4, -0.2) is 52.5 Å². The lowest BCUT2D eigenvalue weighted by molar-refractivity contribution is 0.140. The van der Waals surface area contributed by atoms with Crippen molar-refractivity contribution in [2.45, 2.75) is 26.0 Å². The standard InChI is InChI=1S/C23H32N4O2/c1-18-9-10-19(22(15-18)29-21-11-14-28-17-21)16-26-23(24-2)25-12-13-27(3)20-7-5-4-6-8-20/h4-10,15,21H,11-14,16-17H2,1-3H3,(H2,24,25,26). The fraction of sp³-hybridized carbons (Fsp3) is 0.435. The van der Waals surface area contributed by atoms with Crippen molar-refractivity contribution in [2.24, 2.45) is 4.99 Å². The van der Waals surface area contributed by atoms with E-state index < -0.39 is 0 Å². The second-order valence-corrected chi connectivity index (χ2v) is 7.32. The number of likely N-dealkylation sites (N-methyl/N-ethyl adjacent to an activating group) is 1. The highest BCUT2D eigenvalue weighted by Gasteiger charge is 2.18. The third kappa shape index (κ3) is 6.39. The Morgan fingerprint density at radius 2 is 2.03 bits per heavy atom. The average Bonchev–Trinajstić information content (AvgIpc) is 3.25. The first kappa shape index (κ1) is 21.0. The molecule has 1 heterocycles. The van der Waals surface area contributed by atoms with Gasteiger partial charge in [0.1, 0.15) is 11.9 Å². The summed E-state index contributed by atoms with van der Waals surface area (Å²) in [4.78, 5) is 6.56. The molecule has 2 aromatic carbocycles. The zero-order valence-corrected chi connectivity index (χ0v) is 17.6. The third-order valence-corrected chi connectivity index (χ3v) is 5.01. The minimum Gasteiger partial charge on any atom is -0.488 e. The van der Waals surface area contributed by atoms with Gasteiger partial charge in [-0.05, 0) is 30.7 Å². The van der Waals surface area contributed by atoms with Crippen LogP contribution in [0.15, 0.2) is 53.5 Å². The summed E-state index contributed by atoms with van der Waals surface area (Å²) in [5.74, 6) is 1.70. The molecule has 1 saturated heterocycles. The van der Waals surface area contributed by atoms with Crippen LogP contribution >= 0.6 is 0 Å². The number of anilines is 1. The Morgan fingerprint density at radius 1 is 1.21 bits per heavy atom. The molecule has 6 nitrogen and oxygen atoms in total. The highest BCUT2D eigenvalue weighted by molar-refractivity contribution is 5.79. The van der Waals surface area contributed by atoms with E-state index >= 15 is 0 Å². The highest BCUT2D eigenvalue weighted by atomic mass is 16.5. The maximum Gasteiger partial charge on any atom is 0.191 e. The quantitative estimate of drug-likeness (QED) is 0.531. The number of hydrogen-bond donors (Lipinski definition) is 2. The van der Waals surface area contributed by atoms with Gasteiger partial charge in [0.05, 0.1) is 13.2 Å². The summed E-state index contributed by atoms with van der Waals surface area (Å²) in [7, 11) is 3.88. The van der Waals surface area contributed by atoms with Crippen molar-refractivity contribution in [2.75, 3.05) is 45.3 Å². The number of para-hydroxylation sites is 1. The summed E-state index contributed by atoms with van der Waals surface area (Å²) in [6, 6.07) is 16.7. The smallest absolute Gasteiger partial charge is 0.191 e. The number of ether oxygens (including phenoxy) is 2. The van der Waals surface area contributed by atoms with Gasteiger partial charge in [-0.15, -0.1) is 0 Å². The van der Waals surface area contributed by atoms with Crippen LogP contribution in [0, 0.1) is 6.92 Å². The molecule has 29 heavy (non-hydrogen) atoms. The van der Waals surface area contributed by atoms with Gasteiger partial charge in [-0.3, -0.25) is 4.99 Å². The minimum atomic E-state index is 0.140. The molecule has 1 atom stereocenters. The molecule has 0 bridgehead atoms. The van der Waals surface area contributed by atoms with Crippen LogP contribution in [0.2, 0.25) is 0 Å². The molecule has 0 aromatic heterocycles. The van der Waals surface area contributed by atoms with E-state index in [1.165, 1.54) is 11.3 Å². The normalized spacial score (nSPS) is 16.5. The molecule has 0 spiro atoms. The number of hydrogen-bond acceptors (Lipinski definition) is 4. The maximum atomic E-state index is 6.18. The van der Waals surface area contributed by atoms with Crippen LogP contribution < -0.4 is 20.3 Å². The molecule has 0 saturated carbocycles. The molecular weight excluding hydrogens is 364 g/mol. The van der Waals surface area contributed by atoms with Gasteiger partial charge in [0.2, 0.25) is 0 Å². The predicted octanol–water partition coefficient (Wildman–Crippen LogP) is 2.96. The van der Waals surface area contributed by atoms with E-state index in [9.17, 15) is 0 Å². The summed E-state index contributed by atoms with van der Waals surface area (Å²) in [6.45, 7) is 5.85. The van der Waals surface area contributed by atoms with E-state index in [4.69, 9.17) is 9.47 Å². The maximum absolute atomic E-state index is 6.18. The number of nitrogens with one attached hydrogen (secondary N) is 2. The van der Waals surface area contributed by atoms with Crippen molar-refractivity contribution in [3.8, 4) is 5.75 Å². The molecule has 0 amide bonds. The summed E-state index contributed by atoms with van der Waals surface area (Å²) in [5.41, 5.74) is 3.51. The van der Waals surface area contributed by atoms with Gasteiger partial charge in [0, 0.05) is 51.4 Å². The zero-order chi connectivity index (χ0) is 20.5. The van der Waals surface area contributed by atoms with Crippen LogP contribution in [0.4, 0.5) is 5.69 Å². The fourth-order valence-electron chi connectivity index (χ4n) is 3.26. The van der Waals surface area contributed by atoms with E-state index in [1.54, 1.807) is 7.05 Å². The summed E-state index contributed by atoms with van der Waals surface area (Å²) in [6.07, 6.45) is 1.08. The van der Waals surface area contributed by atoms with E-state index in [0.717, 1.165) is 43.4 Å². The first-order valence-electron chi connectivity index (χ1n) is 10.2. The molecule has 0 radical (unpaired) electrons. The van der Waals surface area contributed by atoms with E-state index in [0.29, 0.717) is 13.2 Å². The van der Waals surface area contributed by atoms with Gasteiger partial charge >= 0.3 is 0 Å². The third-order valence-electron chi connectivity index (χ3n) is 5.01. The lowest BCUT2D eigenvalue weighted by Crippen LogP contribution is -2.40. The van der Waals surface area contributed by atoms with Gasteiger partial charge in [0.25, 0.3) is 0 Å². The summed E-state index contributed by atoms with van der Waals surface area (Å²) < 4.78 is 11.6. The van der Waals surface area contributed by atoms with Crippen molar-refractivity contribution < 1.29 is 9.47 Å². The molecule has 0 aliphatic carbocycles. The molecular formula is C23H32N4O2. The largest absolute Gasteiger partial charge is 0.488 e. The SMILES string of the molecule is CN=C(NCCN(C)c1ccccc1)NCc1ccc(C)cc1OC1CCOC1. The highest BCUT2D eigenvalue weighted by Crippen LogP contribution is 2.23. The predicted molar refractivity (Wildman–Crippen MR) is 119 cm³/mol. The second kappa shape index (κ2) is 10.7. The van der Waals surface area contributed by atoms with Gasteiger partial charge in [-0.1, -0.05) is 30.3 Å². The van der Waals surface area contributed by atoms with Gasteiger partial charge in [-0.2, -0.15) is 0 Å². The number of guanidine groups is 1. The van der Waals surface area contributed by atoms with E-state index in [-0.39, 0.29) is 6.10 Å². The van der Waals surface area contributed by atoms with Crippen molar-refractivity contribution in [3.63, 3.8) is 0 Å². The van der Waals surface area contributed by atoms with Gasteiger partial charge in [-0.25, -0.2) is 0 Å². The molecule has 3 rings (SSSR count). The van der Waals surface area contributed by atoms with Gasteiger partial charge < -0.3 is 25.0 Å². The summed E-state index contributed by atoms with van der Waals surface area (Å²) >= 11 is 0. The lowest BCUT2D eigenvalue weighted by atomic mass is 10.1. The summed E-state index contributed by atoms with van der Waals surface area (Å²) in [5, 5.41) is 6.77. The molecule has 156 valence electrons. The second-order valence-electron chi connectivity index (χ2n) is 7.32. The first-order chi connectivity index (χ1) is 14.2. The van der Waals surface area contributed by atoms with Crippen molar-refractivity contribution >= 4 is 11.6 Å². The van der Waals surface area contributed by atoms with Crippen LogP contribution in [0.1, 0.15) is 17.5 Å². The number of aliphatic imine (C=N–C) groups is 1. The number of rotatable bonds is 8. The Kier molecular flexibility index (Phi) is 7.76. The fourth-order valence-corrected chi connectivity index (χ4v) is 3.26. The number of nitrogens with zero attached hydrogens (tertiary/aromatic N) is 2. The van der Waals surface area contributed by atoms with E-state index in [1.807, 2.05) is 6.07 Å². The Hall–Kier alpha value is -2.73. The molecule has 1 unspecified atom stereocenters. The van der Waals surface area contributed by atoms with Crippen LogP contribution in [-0.2, 0) is 11.3 Å². The Bertz CT molecular complexity index is 789. The minimum absolute atomic E-state index is 0.140. The first-order valence-corrected chi connectivity index (χ1v) is 10.2. The Balaban J connectivity index is 1.50. The van der Waals surface area contributed by atoms with Crippen molar-refractivity contribution in [1.82, 2.24) is 10.6 Å². The molecule has 1 aliphatic heterocycles. The van der Waals surface area contributed by atoms with Crippen molar-refractivity contribution in [3.05, 3.63) is 59.7 Å². The van der Waals surface area contributed by atoms with Crippen LogP contribution in [0.3, 0.4) is 0 Å². The van der Waals surface area contributed by atoms with Gasteiger partial charge in [0.15, 0.2) is 5.96 Å². The molecule has 1 fully saturated rings. The monoisotopic (exact) mass is 396 g/mol. The van der Waals surface area contributed by atoms with Crippen LogP contribution in [0.25, 0.3) is 0 Å². The van der Waals surface area contributed by atoms with Crippen molar-refractivity contribution in [1.29, 1.82) is 0 Å². The Labute approximate surface area is 173 Å². The molecule has 2 aromatic rings. The zero-order valence-electron chi connectivity index (χ0n) is 17.6. The topological polar surface area (TPSA) is 58.1 Å². The van der Waals surface area contributed by atoms with Crippen LogP contribution in [0.5, 0.6) is 5.75 Å². The molecule has 1 aliphatic rings. The Morgan fingerprint density at radius 3 is 2.76 bits per heavy atom.